The SMILES string of the molecule is CC[C@@H](C)Sc1cc(-c2cnn(C3CCCN(CCO)C3)c2)cn2ncc(C#N)c12. The van der Waals surface area contributed by atoms with Crippen LogP contribution in [0, 0.1) is 11.3 Å². The van der Waals surface area contributed by atoms with E-state index in [0.717, 1.165) is 60.4 Å². The number of aliphatic hydroxyl groups is 1. The number of thioether (sulfide) groups is 1. The summed E-state index contributed by atoms with van der Waals surface area (Å²) in [5.74, 6) is 0. The Labute approximate surface area is 181 Å². The van der Waals surface area contributed by atoms with Gasteiger partial charge in [-0.3, -0.25) is 9.58 Å². The Morgan fingerprint density at radius 1 is 1.30 bits per heavy atom. The highest BCUT2D eigenvalue weighted by atomic mass is 32.2. The van der Waals surface area contributed by atoms with Crippen LogP contribution in [0.2, 0.25) is 0 Å². The molecule has 0 bridgehead atoms. The Kier molecular flexibility index (Phi) is 6.42. The van der Waals surface area contributed by atoms with Gasteiger partial charge >= 0.3 is 0 Å². The van der Waals surface area contributed by atoms with Gasteiger partial charge in [-0.1, -0.05) is 13.8 Å². The fourth-order valence-electron chi connectivity index (χ4n) is 3.99. The highest BCUT2D eigenvalue weighted by molar-refractivity contribution is 8.00. The number of aliphatic hydroxyl groups excluding tert-OH is 1. The van der Waals surface area contributed by atoms with Gasteiger partial charge < -0.3 is 5.11 Å². The number of fused-ring (bicyclic) bond motifs is 1. The number of piperidine rings is 1. The van der Waals surface area contributed by atoms with Gasteiger partial charge in [0.1, 0.15) is 6.07 Å². The molecule has 7 nitrogen and oxygen atoms in total. The van der Waals surface area contributed by atoms with Crippen molar-refractivity contribution in [2.45, 2.75) is 49.3 Å². The van der Waals surface area contributed by atoms with E-state index in [4.69, 9.17) is 0 Å². The van der Waals surface area contributed by atoms with Crippen LogP contribution < -0.4 is 0 Å². The van der Waals surface area contributed by atoms with Gasteiger partial charge in [-0.25, -0.2) is 4.52 Å². The Morgan fingerprint density at radius 3 is 2.93 bits per heavy atom. The highest BCUT2D eigenvalue weighted by Crippen LogP contribution is 2.34. The van der Waals surface area contributed by atoms with Crippen molar-refractivity contribution in [2.24, 2.45) is 0 Å². The molecule has 1 N–H and O–H groups in total. The highest BCUT2D eigenvalue weighted by Gasteiger charge is 2.22. The number of hydrogen-bond donors (Lipinski definition) is 1. The zero-order valence-electron chi connectivity index (χ0n) is 17.5. The molecule has 3 aromatic rings. The summed E-state index contributed by atoms with van der Waals surface area (Å²) in [5, 5.41) is 28.3. The Morgan fingerprint density at radius 2 is 2.17 bits per heavy atom. The number of nitriles is 1. The van der Waals surface area contributed by atoms with Crippen LogP contribution in [0.4, 0.5) is 0 Å². The topological polar surface area (TPSA) is 82.4 Å². The molecule has 0 aromatic carbocycles. The van der Waals surface area contributed by atoms with E-state index in [0.29, 0.717) is 16.9 Å². The summed E-state index contributed by atoms with van der Waals surface area (Å²) in [7, 11) is 0. The zero-order valence-corrected chi connectivity index (χ0v) is 18.3. The number of rotatable bonds is 7. The molecule has 1 unspecified atom stereocenters. The monoisotopic (exact) mass is 424 g/mol. The maximum Gasteiger partial charge on any atom is 0.103 e. The standard InChI is InChI=1S/C22H28N6OS/c1-3-16(2)30-21-9-17(13-28-22(21)18(10-23)11-25-28)19-12-24-27(14-19)20-5-4-6-26(15-20)7-8-29/h9,11-14,16,20,29H,3-8,15H2,1-2H3/t16-,20?/m1/s1. The summed E-state index contributed by atoms with van der Waals surface area (Å²) in [6.07, 6.45) is 10.9. The molecule has 0 amide bonds. The second-order valence-corrected chi connectivity index (χ2v) is 9.40. The second-order valence-electron chi connectivity index (χ2n) is 7.92. The number of nitrogens with zero attached hydrogens (tertiary/aromatic N) is 6. The van der Waals surface area contributed by atoms with Gasteiger partial charge in [-0.15, -0.1) is 11.8 Å². The van der Waals surface area contributed by atoms with Crippen molar-refractivity contribution in [3.63, 3.8) is 0 Å². The maximum absolute atomic E-state index is 9.49. The number of β-amino-alcohol motifs (C(OH)–C–C–N with tert-alkyl or cyclic N) is 1. The molecular formula is C22H28N6OS. The minimum absolute atomic E-state index is 0.197. The molecule has 30 heavy (non-hydrogen) atoms. The van der Waals surface area contributed by atoms with Crippen LogP contribution >= 0.6 is 11.8 Å². The van der Waals surface area contributed by atoms with Gasteiger partial charge in [-0.2, -0.15) is 15.5 Å². The zero-order chi connectivity index (χ0) is 21.1. The van der Waals surface area contributed by atoms with Crippen LogP contribution in [-0.2, 0) is 0 Å². The smallest absolute Gasteiger partial charge is 0.103 e. The molecule has 3 aromatic heterocycles. The Balaban J connectivity index is 1.66. The molecule has 1 saturated heterocycles. The second kappa shape index (κ2) is 9.21. The van der Waals surface area contributed by atoms with Crippen LogP contribution in [-0.4, -0.2) is 60.9 Å². The molecule has 1 fully saturated rings. The van der Waals surface area contributed by atoms with Crippen molar-refractivity contribution in [2.75, 3.05) is 26.2 Å². The van der Waals surface area contributed by atoms with Crippen molar-refractivity contribution < 1.29 is 5.11 Å². The molecule has 158 valence electrons. The largest absolute Gasteiger partial charge is 0.395 e. The van der Waals surface area contributed by atoms with E-state index < -0.39 is 0 Å². The van der Waals surface area contributed by atoms with Gasteiger partial charge in [-0.05, 0) is 31.9 Å². The molecule has 4 rings (SSSR count). The molecule has 1 aliphatic heterocycles. The third kappa shape index (κ3) is 4.24. The summed E-state index contributed by atoms with van der Waals surface area (Å²) in [6.45, 7) is 7.25. The number of pyridine rings is 1. The summed E-state index contributed by atoms with van der Waals surface area (Å²) in [6, 6.07) is 4.75. The average Bonchev–Trinajstić information content (AvgIpc) is 3.41. The van der Waals surface area contributed by atoms with Crippen molar-refractivity contribution in [3.8, 4) is 17.2 Å². The van der Waals surface area contributed by atoms with Crippen molar-refractivity contribution in [1.29, 1.82) is 5.26 Å². The summed E-state index contributed by atoms with van der Waals surface area (Å²) in [4.78, 5) is 3.38. The normalized spacial score (nSPS) is 18.5. The lowest BCUT2D eigenvalue weighted by Crippen LogP contribution is -2.38. The summed E-state index contributed by atoms with van der Waals surface area (Å²) >= 11 is 1.79. The predicted octanol–water partition coefficient (Wildman–Crippen LogP) is 3.59. The van der Waals surface area contributed by atoms with Crippen molar-refractivity contribution >= 4 is 17.3 Å². The van der Waals surface area contributed by atoms with Gasteiger partial charge in [0, 0.05) is 46.8 Å². The molecule has 4 heterocycles. The average molecular weight is 425 g/mol. The van der Waals surface area contributed by atoms with E-state index in [9.17, 15) is 10.4 Å². The molecule has 0 radical (unpaired) electrons. The van der Waals surface area contributed by atoms with Gasteiger partial charge in [0.2, 0.25) is 0 Å². The molecular weight excluding hydrogens is 396 g/mol. The number of hydrogen-bond acceptors (Lipinski definition) is 6. The predicted molar refractivity (Wildman–Crippen MR) is 119 cm³/mol. The quantitative estimate of drug-likeness (QED) is 0.584. The summed E-state index contributed by atoms with van der Waals surface area (Å²) < 4.78 is 3.88. The van der Waals surface area contributed by atoms with Gasteiger partial charge in [0.05, 0.1) is 36.1 Å². The molecule has 0 saturated carbocycles. The number of aromatic nitrogens is 4. The van der Waals surface area contributed by atoms with E-state index >= 15 is 0 Å². The minimum atomic E-state index is 0.197. The molecule has 8 heteroatoms. The van der Waals surface area contributed by atoms with Gasteiger partial charge in [0.15, 0.2) is 0 Å². The van der Waals surface area contributed by atoms with Crippen LogP contribution in [0.3, 0.4) is 0 Å². The lowest BCUT2D eigenvalue weighted by molar-refractivity contribution is 0.138. The van der Waals surface area contributed by atoms with E-state index in [2.05, 4.69) is 52.0 Å². The third-order valence-electron chi connectivity index (χ3n) is 5.81. The van der Waals surface area contributed by atoms with E-state index in [1.54, 1.807) is 18.0 Å². The fourth-order valence-corrected chi connectivity index (χ4v) is 5.10. The minimum Gasteiger partial charge on any atom is -0.395 e. The van der Waals surface area contributed by atoms with E-state index in [1.165, 1.54) is 0 Å². The van der Waals surface area contributed by atoms with E-state index in [-0.39, 0.29) is 6.61 Å². The molecule has 0 aliphatic carbocycles. The van der Waals surface area contributed by atoms with E-state index in [1.807, 2.05) is 16.9 Å². The molecule has 2 atom stereocenters. The Hall–Kier alpha value is -2.34. The maximum atomic E-state index is 9.49. The van der Waals surface area contributed by atoms with Gasteiger partial charge in [0.25, 0.3) is 0 Å². The van der Waals surface area contributed by atoms with Crippen LogP contribution in [0.5, 0.6) is 0 Å². The third-order valence-corrected chi connectivity index (χ3v) is 7.11. The van der Waals surface area contributed by atoms with Crippen LogP contribution in [0.1, 0.15) is 44.7 Å². The van der Waals surface area contributed by atoms with Crippen LogP contribution in [0.15, 0.2) is 35.7 Å². The first-order chi connectivity index (χ1) is 14.6. The lowest BCUT2D eigenvalue weighted by Gasteiger charge is -2.32. The lowest BCUT2D eigenvalue weighted by atomic mass is 10.1. The molecule has 0 spiro atoms. The van der Waals surface area contributed by atoms with Crippen molar-refractivity contribution in [3.05, 3.63) is 36.4 Å². The van der Waals surface area contributed by atoms with Crippen molar-refractivity contribution in [1.82, 2.24) is 24.3 Å². The summed E-state index contributed by atoms with van der Waals surface area (Å²) in [5.41, 5.74) is 3.59. The molecule has 1 aliphatic rings. The number of likely N-dealkylation sites (tertiary alicyclic amines) is 1. The Bertz CT molecular complexity index is 1050. The first-order valence-electron chi connectivity index (χ1n) is 10.6. The van der Waals surface area contributed by atoms with Crippen LogP contribution in [0.25, 0.3) is 16.6 Å². The fraction of sp³-hybridized carbons (Fsp3) is 0.500. The first kappa shape index (κ1) is 20.9. The first-order valence-corrected chi connectivity index (χ1v) is 11.5.